The van der Waals surface area contributed by atoms with Crippen molar-refractivity contribution < 1.29 is 14.3 Å². The number of benzene rings is 2. The van der Waals surface area contributed by atoms with Crippen molar-refractivity contribution in [3.63, 3.8) is 0 Å². The van der Waals surface area contributed by atoms with Crippen molar-refractivity contribution >= 4 is 17.6 Å². The van der Waals surface area contributed by atoms with Crippen LogP contribution in [-0.2, 0) is 0 Å². The molecule has 94 valence electrons. The minimum absolute atomic E-state index is 0.0594. The van der Waals surface area contributed by atoms with Gasteiger partial charge in [0, 0.05) is 10.6 Å². The summed E-state index contributed by atoms with van der Waals surface area (Å²) in [6.07, 6.45) is 0. The van der Waals surface area contributed by atoms with Gasteiger partial charge >= 0.3 is 5.97 Å². The number of nitrogens with zero attached hydrogens (tertiary/aromatic N) is 1. The topological polar surface area (TPSA) is 61.1 Å². The van der Waals surface area contributed by atoms with Crippen LogP contribution < -0.4 is 0 Å². The molecule has 2 aromatic carbocycles. The first kappa shape index (κ1) is 13.1. The van der Waals surface area contributed by atoms with Crippen LogP contribution in [0.5, 0.6) is 0 Å². The Labute approximate surface area is 113 Å². The number of carboxylic acids is 1. The van der Waals surface area contributed by atoms with Gasteiger partial charge in [-0.15, -0.1) is 0 Å². The maximum absolute atomic E-state index is 13.5. The van der Waals surface area contributed by atoms with Crippen molar-refractivity contribution in [2.45, 2.75) is 0 Å². The van der Waals surface area contributed by atoms with E-state index < -0.39 is 11.8 Å². The fourth-order valence-corrected chi connectivity index (χ4v) is 1.88. The molecule has 1 N–H and O–H groups in total. The highest BCUT2D eigenvalue weighted by Crippen LogP contribution is 2.30. The van der Waals surface area contributed by atoms with Crippen molar-refractivity contribution in [2.75, 3.05) is 0 Å². The second-order valence-corrected chi connectivity index (χ2v) is 4.21. The van der Waals surface area contributed by atoms with Crippen molar-refractivity contribution in [2.24, 2.45) is 0 Å². The highest BCUT2D eigenvalue weighted by molar-refractivity contribution is 6.33. The van der Waals surface area contributed by atoms with Crippen LogP contribution in [-0.4, -0.2) is 11.1 Å². The zero-order chi connectivity index (χ0) is 14.0. The molecule has 0 spiro atoms. The lowest BCUT2D eigenvalue weighted by Crippen LogP contribution is -1.96. The summed E-state index contributed by atoms with van der Waals surface area (Å²) in [6, 6.07) is 9.90. The number of aromatic carboxylic acids is 1. The van der Waals surface area contributed by atoms with Gasteiger partial charge in [0.15, 0.2) is 0 Å². The highest BCUT2D eigenvalue weighted by Gasteiger charge is 2.11. The second-order valence-electron chi connectivity index (χ2n) is 3.81. The molecule has 3 nitrogen and oxygen atoms in total. The fraction of sp³-hybridized carbons (Fsp3) is 0. The molecule has 0 unspecified atom stereocenters. The lowest BCUT2D eigenvalue weighted by Gasteiger charge is -2.06. The summed E-state index contributed by atoms with van der Waals surface area (Å²) in [7, 11) is 0. The van der Waals surface area contributed by atoms with Crippen molar-refractivity contribution in [3.8, 4) is 17.2 Å². The first-order valence-corrected chi connectivity index (χ1v) is 5.63. The molecular weight excluding hydrogens is 269 g/mol. The summed E-state index contributed by atoms with van der Waals surface area (Å²) in [4.78, 5) is 10.9. The van der Waals surface area contributed by atoms with E-state index in [1.54, 1.807) is 6.07 Å². The van der Waals surface area contributed by atoms with Gasteiger partial charge in [0.05, 0.1) is 11.1 Å². The van der Waals surface area contributed by atoms with E-state index in [9.17, 15) is 9.18 Å². The molecule has 0 bridgehead atoms. The highest BCUT2D eigenvalue weighted by atomic mass is 35.5. The second kappa shape index (κ2) is 5.09. The molecule has 0 saturated carbocycles. The minimum atomic E-state index is -1.09. The molecule has 0 saturated heterocycles. The zero-order valence-corrected chi connectivity index (χ0v) is 10.3. The van der Waals surface area contributed by atoms with E-state index in [0.29, 0.717) is 16.1 Å². The smallest absolute Gasteiger partial charge is 0.335 e. The molecular formula is C14H7ClFNO2. The Morgan fingerprint density at radius 3 is 2.58 bits per heavy atom. The fourth-order valence-electron chi connectivity index (χ4n) is 1.65. The quantitative estimate of drug-likeness (QED) is 0.909. The van der Waals surface area contributed by atoms with Gasteiger partial charge in [-0.3, -0.25) is 0 Å². The molecule has 2 rings (SSSR count). The summed E-state index contributed by atoms with van der Waals surface area (Å²) >= 11 is 5.98. The number of carbonyl (C=O) groups is 1. The van der Waals surface area contributed by atoms with E-state index in [1.807, 2.05) is 0 Å². The van der Waals surface area contributed by atoms with E-state index in [1.165, 1.54) is 30.3 Å². The molecule has 0 fully saturated rings. The van der Waals surface area contributed by atoms with Gasteiger partial charge in [0.25, 0.3) is 0 Å². The molecule has 0 amide bonds. The average Bonchev–Trinajstić information content (AvgIpc) is 2.38. The number of hydrogen-bond acceptors (Lipinski definition) is 2. The molecule has 0 heterocycles. The van der Waals surface area contributed by atoms with Gasteiger partial charge in [-0.05, 0) is 35.9 Å². The Morgan fingerprint density at radius 2 is 2.00 bits per heavy atom. The normalized spacial score (nSPS) is 9.95. The number of nitriles is 1. The van der Waals surface area contributed by atoms with Crippen LogP contribution in [0.4, 0.5) is 4.39 Å². The van der Waals surface area contributed by atoms with Crippen molar-refractivity contribution in [1.82, 2.24) is 0 Å². The number of hydrogen-bond donors (Lipinski definition) is 1. The Morgan fingerprint density at radius 1 is 1.26 bits per heavy atom. The first-order valence-electron chi connectivity index (χ1n) is 5.26. The third-order valence-electron chi connectivity index (χ3n) is 2.61. The average molecular weight is 276 g/mol. The van der Waals surface area contributed by atoms with Crippen LogP contribution in [0.2, 0.25) is 5.02 Å². The van der Waals surface area contributed by atoms with E-state index in [4.69, 9.17) is 22.0 Å². The first-order chi connectivity index (χ1) is 9.02. The van der Waals surface area contributed by atoms with Gasteiger partial charge in [-0.1, -0.05) is 17.7 Å². The summed E-state index contributed by atoms with van der Waals surface area (Å²) < 4.78 is 13.5. The van der Waals surface area contributed by atoms with Crippen molar-refractivity contribution in [1.29, 1.82) is 5.26 Å². The molecule has 0 aliphatic heterocycles. The monoisotopic (exact) mass is 275 g/mol. The van der Waals surface area contributed by atoms with E-state index in [0.717, 1.165) is 6.07 Å². The van der Waals surface area contributed by atoms with Crippen LogP contribution in [0.1, 0.15) is 15.9 Å². The van der Waals surface area contributed by atoms with Gasteiger partial charge in [0.2, 0.25) is 0 Å². The molecule has 0 aliphatic rings. The Bertz CT molecular complexity index is 707. The molecule has 0 atom stereocenters. The van der Waals surface area contributed by atoms with E-state index in [2.05, 4.69) is 0 Å². The molecule has 0 radical (unpaired) electrons. The predicted molar refractivity (Wildman–Crippen MR) is 68.5 cm³/mol. The maximum atomic E-state index is 13.5. The molecule has 5 heteroatoms. The number of rotatable bonds is 2. The van der Waals surface area contributed by atoms with Gasteiger partial charge in [-0.2, -0.15) is 5.26 Å². The largest absolute Gasteiger partial charge is 0.478 e. The Kier molecular flexibility index (Phi) is 3.50. The summed E-state index contributed by atoms with van der Waals surface area (Å²) in [5, 5.41) is 17.9. The molecule has 0 aromatic heterocycles. The van der Waals surface area contributed by atoms with Gasteiger partial charge < -0.3 is 5.11 Å². The SMILES string of the molecule is N#Cc1ccc(-c2cc(C(=O)O)ccc2Cl)cc1F. The number of carboxylic acid groups (broad SMARTS) is 1. The lowest BCUT2D eigenvalue weighted by atomic mass is 10.0. The maximum Gasteiger partial charge on any atom is 0.335 e. The predicted octanol–water partition coefficient (Wildman–Crippen LogP) is 3.72. The molecule has 0 aliphatic carbocycles. The zero-order valence-electron chi connectivity index (χ0n) is 9.52. The standard InChI is InChI=1S/C14H7ClFNO2/c15-12-4-3-9(14(18)19)5-11(12)8-1-2-10(7-17)13(16)6-8/h1-6H,(H,18,19). The van der Waals surface area contributed by atoms with Crippen LogP contribution in [0.3, 0.4) is 0 Å². The van der Waals surface area contributed by atoms with E-state index >= 15 is 0 Å². The minimum Gasteiger partial charge on any atom is -0.478 e. The summed E-state index contributed by atoms with van der Waals surface area (Å²) in [5.41, 5.74) is 0.813. The van der Waals surface area contributed by atoms with Gasteiger partial charge in [0.1, 0.15) is 11.9 Å². The third kappa shape index (κ3) is 2.56. The number of halogens is 2. The Hall–Kier alpha value is -2.38. The van der Waals surface area contributed by atoms with Crippen LogP contribution >= 0.6 is 11.6 Å². The van der Waals surface area contributed by atoms with Crippen LogP contribution in [0, 0.1) is 17.1 Å². The molecule has 19 heavy (non-hydrogen) atoms. The van der Waals surface area contributed by atoms with Crippen molar-refractivity contribution in [3.05, 3.63) is 58.4 Å². The van der Waals surface area contributed by atoms with Crippen LogP contribution in [0.25, 0.3) is 11.1 Å². The molecule has 2 aromatic rings. The summed E-state index contributed by atoms with van der Waals surface area (Å²) in [5.74, 6) is -1.76. The third-order valence-corrected chi connectivity index (χ3v) is 2.94. The Balaban J connectivity index is 2.58. The van der Waals surface area contributed by atoms with Gasteiger partial charge in [-0.25, -0.2) is 9.18 Å². The lowest BCUT2D eigenvalue weighted by molar-refractivity contribution is 0.0697. The summed E-state index contributed by atoms with van der Waals surface area (Å²) in [6.45, 7) is 0. The van der Waals surface area contributed by atoms with Crippen LogP contribution in [0.15, 0.2) is 36.4 Å². The van der Waals surface area contributed by atoms with E-state index in [-0.39, 0.29) is 11.1 Å².